The Morgan fingerprint density at radius 1 is 1.08 bits per heavy atom. The van der Waals surface area contributed by atoms with Gasteiger partial charge in [0.2, 0.25) is 5.91 Å². The number of halogens is 3. The lowest BCUT2D eigenvalue weighted by molar-refractivity contribution is -0.141. The minimum absolute atomic E-state index is 0.0927. The van der Waals surface area contributed by atoms with E-state index in [-0.39, 0.29) is 16.8 Å². The highest BCUT2D eigenvalue weighted by atomic mass is 32.2. The number of anilines is 1. The minimum Gasteiger partial charge on any atom is -0.325 e. The van der Waals surface area contributed by atoms with Crippen LogP contribution in [0, 0.1) is 0 Å². The van der Waals surface area contributed by atoms with Gasteiger partial charge >= 0.3 is 6.18 Å². The smallest absolute Gasteiger partial charge is 0.325 e. The van der Waals surface area contributed by atoms with Crippen molar-refractivity contribution in [3.8, 4) is 0 Å². The van der Waals surface area contributed by atoms with Crippen LogP contribution >= 0.6 is 11.8 Å². The summed E-state index contributed by atoms with van der Waals surface area (Å²) in [5.74, 6) is -0.438. The molecule has 128 valence electrons. The van der Waals surface area contributed by atoms with E-state index in [1.807, 2.05) is 36.4 Å². The van der Waals surface area contributed by atoms with Crippen molar-refractivity contribution in [3.63, 3.8) is 0 Å². The molecule has 0 bridgehead atoms. The number of carbonyl (C=O) groups is 1. The van der Waals surface area contributed by atoms with Crippen LogP contribution in [0.25, 0.3) is 10.8 Å². The first-order chi connectivity index (χ1) is 11.9. The number of amides is 1. The predicted octanol–water partition coefficient (Wildman–Crippen LogP) is 4.38. The molecular weight excluding hydrogens is 351 g/mol. The third-order valence-corrected chi connectivity index (χ3v) is 4.18. The number of nitrogens with zero attached hydrogens (tertiary/aromatic N) is 2. The second-order valence-electron chi connectivity index (χ2n) is 5.09. The van der Waals surface area contributed by atoms with Crippen LogP contribution in [-0.2, 0) is 11.0 Å². The molecule has 25 heavy (non-hydrogen) atoms. The molecule has 0 saturated carbocycles. The van der Waals surface area contributed by atoms with Crippen LogP contribution < -0.4 is 5.32 Å². The SMILES string of the molecule is O=C(CSc1nccc(C(F)(F)F)n1)Nc1cccc2ccccc12. The summed E-state index contributed by atoms with van der Waals surface area (Å²) < 4.78 is 37.9. The zero-order valence-electron chi connectivity index (χ0n) is 12.7. The van der Waals surface area contributed by atoms with Gasteiger partial charge in [-0.3, -0.25) is 4.79 Å². The maximum atomic E-state index is 12.6. The summed E-state index contributed by atoms with van der Waals surface area (Å²) in [5.41, 5.74) is -0.381. The first-order valence-electron chi connectivity index (χ1n) is 7.24. The quantitative estimate of drug-likeness (QED) is 0.552. The highest BCUT2D eigenvalue weighted by Gasteiger charge is 2.32. The van der Waals surface area contributed by atoms with E-state index in [1.54, 1.807) is 6.07 Å². The number of hydrogen-bond donors (Lipinski definition) is 1. The molecule has 0 aliphatic heterocycles. The second-order valence-corrected chi connectivity index (χ2v) is 6.03. The number of carbonyl (C=O) groups excluding carboxylic acids is 1. The number of hydrogen-bond acceptors (Lipinski definition) is 4. The van der Waals surface area contributed by atoms with Gasteiger partial charge in [0, 0.05) is 17.3 Å². The number of fused-ring (bicyclic) bond motifs is 1. The van der Waals surface area contributed by atoms with Gasteiger partial charge in [-0.05, 0) is 17.5 Å². The predicted molar refractivity (Wildman–Crippen MR) is 90.3 cm³/mol. The van der Waals surface area contributed by atoms with Crippen molar-refractivity contribution in [1.82, 2.24) is 9.97 Å². The fraction of sp³-hybridized carbons (Fsp3) is 0.118. The van der Waals surface area contributed by atoms with Crippen LogP contribution in [0.5, 0.6) is 0 Å². The highest BCUT2D eigenvalue weighted by molar-refractivity contribution is 7.99. The topological polar surface area (TPSA) is 54.9 Å². The Morgan fingerprint density at radius 3 is 2.64 bits per heavy atom. The number of aromatic nitrogens is 2. The first-order valence-corrected chi connectivity index (χ1v) is 8.23. The average molecular weight is 363 g/mol. The molecule has 1 heterocycles. The Balaban J connectivity index is 1.67. The van der Waals surface area contributed by atoms with E-state index < -0.39 is 11.9 Å². The third-order valence-electron chi connectivity index (χ3n) is 3.32. The summed E-state index contributed by atoms with van der Waals surface area (Å²) in [6, 6.07) is 13.9. The molecule has 1 N–H and O–H groups in total. The first kappa shape index (κ1) is 17.2. The Kier molecular flexibility index (Phi) is 4.89. The van der Waals surface area contributed by atoms with E-state index in [0.717, 1.165) is 34.8 Å². The van der Waals surface area contributed by atoms with Crippen molar-refractivity contribution in [2.75, 3.05) is 11.1 Å². The summed E-state index contributed by atoms with van der Waals surface area (Å²) in [4.78, 5) is 19.3. The van der Waals surface area contributed by atoms with Crippen LogP contribution in [0.3, 0.4) is 0 Å². The van der Waals surface area contributed by atoms with Gasteiger partial charge in [0.15, 0.2) is 5.16 Å². The molecule has 3 aromatic rings. The van der Waals surface area contributed by atoms with Crippen molar-refractivity contribution in [1.29, 1.82) is 0 Å². The maximum absolute atomic E-state index is 12.6. The summed E-state index contributed by atoms with van der Waals surface area (Å²) in [6.07, 6.45) is -3.51. The van der Waals surface area contributed by atoms with Gasteiger partial charge in [0.05, 0.1) is 5.75 Å². The molecule has 0 atom stereocenters. The van der Waals surface area contributed by atoms with Crippen LogP contribution in [0.15, 0.2) is 59.9 Å². The Hall–Kier alpha value is -2.61. The molecule has 4 nitrogen and oxygen atoms in total. The van der Waals surface area contributed by atoms with Crippen molar-refractivity contribution in [3.05, 3.63) is 60.4 Å². The molecule has 0 aliphatic carbocycles. The Morgan fingerprint density at radius 2 is 1.84 bits per heavy atom. The fourth-order valence-corrected chi connectivity index (χ4v) is 2.85. The van der Waals surface area contributed by atoms with Gasteiger partial charge in [0.25, 0.3) is 0 Å². The van der Waals surface area contributed by atoms with Crippen LogP contribution in [-0.4, -0.2) is 21.6 Å². The van der Waals surface area contributed by atoms with Crippen LogP contribution in [0.2, 0.25) is 0 Å². The molecule has 2 aromatic carbocycles. The number of nitrogens with one attached hydrogen (secondary N) is 1. The molecule has 1 amide bonds. The average Bonchev–Trinajstić information content (AvgIpc) is 2.60. The highest BCUT2D eigenvalue weighted by Crippen LogP contribution is 2.28. The van der Waals surface area contributed by atoms with E-state index in [9.17, 15) is 18.0 Å². The fourth-order valence-electron chi connectivity index (χ4n) is 2.22. The van der Waals surface area contributed by atoms with E-state index >= 15 is 0 Å². The molecule has 3 rings (SSSR count). The van der Waals surface area contributed by atoms with E-state index in [0.29, 0.717) is 5.69 Å². The minimum atomic E-state index is -4.54. The number of rotatable bonds is 4. The molecule has 8 heteroatoms. The molecular formula is C17H12F3N3OS. The summed E-state index contributed by atoms with van der Waals surface area (Å²) in [5, 5.41) is 4.54. The standard InChI is InChI=1S/C17H12F3N3OS/c18-17(19,20)14-8-9-21-16(23-14)25-10-15(24)22-13-7-3-5-11-4-1-2-6-12(11)13/h1-9H,10H2,(H,22,24). The number of alkyl halides is 3. The molecule has 0 spiro atoms. The molecule has 0 fully saturated rings. The van der Waals surface area contributed by atoms with E-state index in [1.165, 1.54) is 0 Å². The molecule has 0 unspecified atom stereocenters. The summed E-state index contributed by atoms with van der Waals surface area (Å²) >= 11 is 0.849. The van der Waals surface area contributed by atoms with Gasteiger partial charge in [-0.25, -0.2) is 9.97 Å². The lowest BCUT2D eigenvalue weighted by Gasteiger charge is -2.09. The number of benzene rings is 2. The van der Waals surface area contributed by atoms with Gasteiger partial charge < -0.3 is 5.32 Å². The van der Waals surface area contributed by atoms with E-state index in [2.05, 4.69) is 15.3 Å². The Labute approximate surface area is 145 Å². The Bertz CT molecular complexity index is 910. The van der Waals surface area contributed by atoms with Crippen molar-refractivity contribution in [2.45, 2.75) is 11.3 Å². The van der Waals surface area contributed by atoms with E-state index in [4.69, 9.17) is 0 Å². The van der Waals surface area contributed by atoms with Crippen molar-refractivity contribution < 1.29 is 18.0 Å². The van der Waals surface area contributed by atoms with Crippen LogP contribution in [0.4, 0.5) is 18.9 Å². The molecule has 1 aromatic heterocycles. The molecule has 0 radical (unpaired) electrons. The number of thioether (sulfide) groups is 1. The molecule has 0 aliphatic rings. The van der Waals surface area contributed by atoms with Crippen molar-refractivity contribution in [2.24, 2.45) is 0 Å². The van der Waals surface area contributed by atoms with Gasteiger partial charge in [0.1, 0.15) is 5.69 Å². The zero-order chi connectivity index (χ0) is 17.9. The van der Waals surface area contributed by atoms with Crippen LogP contribution in [0.1, 0.15) is 5.69 Å². The third kappa shape index (κ3) is 4.27. The lowest BCUT2D eigenvalue weighted by atomic mass is 10.1. The van der Waals surface area contributed by atoms with Gasteiger partial charge in [-0.2, -0.15) is 13.2 Å². The van der Waals surface area contributed by atoms with Gasteiger partial charge in [-0.15, -0.1) is 0 Å². The van der Waals surface area contributed by atoms with Gasteiger partial charge in [-0.1, -0.05) is 48.2 Å². The normalized spacial score (nSPS) is 11.5. The monoisotopic (exact) mass is 363 g/mol. The summed E-state index contributed by atoms with van der Waals surface area (Å²) in [7, 11) is 0. The largest absolute Gasteiger partial charge is 0.433 e. The maximum Gasteiger partial charge on any atom is 0.433 e. The van der Waals surface area contributed by atoms with Crippen molar-refractivity contribution >= 4 is 34.1 Å². The molecule has 0 saturated heterocycles. The second kappa shape index (κ2) is 7.10. The zero-order valence-corrected chi connectivity index (χ0v) is 13.6. The summed E-state index contributed by atoms with van der Waals surface area (Å²) in [6.45, 7) is 0. The lowest BCUT2D eigenvalue weighted by Crippen LogP contribution is -2.15.